The Balaban J connectivity index is 1.31. The van der Waals surface area contributed by atoms with E-state index in [0.717, 1.165) is 49.3 Å². The summed E-state index contributed by atoms with van der Waals surface area (Å²) in [5, 5.41) is 6.99. The molecule has 1 aromatic heterocycles. The molecule has 132 valence electrons. The lowest BCUT2D eigenvalue weighted by atomic mass is 10.1. The highest BCUT2D eigenvalue weighted by Crippen LogP contribution is 2.31. The number of amides is 2. The Kier molecular flexibility index (Phi) is 4.40. The van der Waals surface area contributed by atoms with Gasteiger partial charge in [0, 0.05) is 38.8 Å². The molecule has 1 N–H and O–H groups in total. The molecule has 0 spiro atoms. The first kappa shape index (κ1) is 16.1. The summed E-state index contributed by atoms with van der Waals surface area (Å²) in [4.78, 5) is 16.6. The normalized spacial score (nSPS) is 20.5. The lowest BCUT2D eigenvalue weighted by Gasteiger charge is -2.34. The van der Waals surface area contributed by atoms with E-state index in [4.69, 9.17) is 4.52 Å². The van der Waals surface area contributed by atoms with Crippen LogP contribution >= 0.6 is 0 Å². The number of rotatable bonds is 3. The fourth-order valence-electron chi connectivity index (χ4n) is 3.62. The van der Waals surface area contributed by atoms with Crippen LogP contribution in [0.25, 0.3) is 0 Å². The van der Waals surface area contributed by atoms with Crippen LogP contribution in [0.1, 0.15) is 29.3 Å². The average Bonchev–Trinajstić information content (AvgIpc) is 3.26. The lowest BCUT2D eigenvalue weighted by Crippen LogP contribution is -2.51. The number of nitrogens with zero attached hydrogens (tertiary/aromatic N) is 3. The molecule has 0 radical (unpaired) electrons. The number of urea groups is 1. The molecule has 2 amide bonds. The Bertz CT molecular complexity index is 742. The minimum absolute atomic E-state index is 0.0665. The van der Waals surface area contributed by atoms with Crippen molar-refractivity contribution in [2.45, 2.75) is 25.4 Å². The van der Waals surface area contributed by atoms with E-state index in [1.165, 1.54) is 6.07 Å². The zero-order chi connectivity index (χ0) is 17.2. The van der Waals surface area contributed by atoms with Crippen molar-refractivity contribution in [3.05, 3.63) is 53.2 Å². The van der Waals surface area contributed by atoms with Crippen molar-refractivity contribution in [2.75, 3.05) is 26.2 Å². The van der Waals surface area contributed by atoms with Crippen LogP contribution in [-0.4, -0.2) is 47.2 Å². The number of benzene rings is 1. The van der Waals surface area contributed by atoms with Crippen LogP contribution in [-0.2, 0) is 13.0 Å². The summed E-state index contributed by atoms with van der Waals surface area (Å²) in [6.45, 7) is 3.69. The third kappa shape index (κ3) is 3.51. The molecule has 0 saturated carbocycles. The van der Waals surface area contributed by atoms with Crippen LogP contribution in [0, 0.1) is 5.82 Å². The molecule has 1 unspecified atom stereocenters. The van der Waals surface area contributed by atoms with Gasteiger partial charge in [-0.05, 0) is 36.1 Å². The molecule has 2 aliphatic rings. The van der Waals surface area contributed by atoms with Gasteiger partial charge in [-0.2, -0.15) is 0 Å². The Labute approximate surface area is 145 Å². The van der Waals surface area contributed by atoms with Crippen LogP contribution < -0.4 is 5.32 Å². The molecule has 1 aliphatic carbocycles. The van der Waals surface area contributed by atoms with Crippen molar-refractivity contribution in [3.8, 4) is 0 Å². The van der Waals surface area contributed by atoms with Gasteiger partial charge in [0.2, 0.25) is 0 Å². The van der Waals surface area contributed by atoms with Gasteiger partial charge in [0.25, 0.3) is 0 Å². The molecule has 7 heteroatoms. The van der Waals surface area contributed by atoms with E-state index in [9.17, 15) is 9.18 Å². The summed E-state index contributed by atoms with van der Waals surface area (Å²) in [6.07, 6.45) is 3.28. The fourth-order valence-corrected chi connectivity index (χ4v) is 3.62. The minimum atomic E-state index is -0.249. The van der Waals surface area contributed by atoms with E-state index in [2.05, 4.69) is 15.4 Å². The molecule has 4 rings (SSSR count). The Hall–Kier alpha value is -2.41. The first-order valence-corrected chi connectivity index (χ1v) is 8.64. The fraction of sp³-hybridized carbons (Fsp3) is 0.444. The Morgan fingerprint density at radius 3 is 2.88 bits per heavy atom. The van der Waals surface area contributed by atoms with Gasteiger partial charge in [-0.3, -0.25) is 4.90 Å². The second-order valence-electron chi connectivity index (χ2n) is 6.64. The predicted octanol–water partition coefficient (Wildman–Crippen LogP) is 2.33. The number of piperazine rings is 1. The van der Waals surface area contributed by atoms with E-state index >= 15 is 0 Å². The molecule has 1 aromatic carbocycles. The molecule has 1 atom stereocenters. The van der Waals surface area contributed by atoms with Crippen LogP contribution in [0.3, 0.4) is 0 Å². The summed E-state index contributed by atoms with van der Waals surface area (Å²) >= 11 is 0. The van der Waals surface area contributed by atoms with E-state index in [0.29, 0.717) is 13.1 Å². The quantitative estimate of drug-likeness (QED) is 0.928. The maximum absolute atomic E-state index is 13.5. The van der Waals surface area contributed by atoms with Crippen LogP contribution in [0.2, 0.25) is 0 Å². The molecule has 1 saturated heterocycles. The zero-order valence-electron chi connectivity index (χ0n) is 13.9. The second-order valence-corrected chi connectivity index (χ2v) is 6.64. The lowest BCUT2D eigenvalue weighted by molar-refractivity contribution is 0.131. The topological polar surface area (TPSA) is 61.6 Å². The molecular formula is C18H21FN4O2. The van der Waals surface area contributed by atoms with Crippen LogP contribution in [0.5, 0.6) is 0 Å². The average molecular weight is 344 g/mol. The minimum Gasteiger partial charge on any atom is -0.364 e. The monoisotopic (exact) mass is 344 g/mol. The number of halogens is 1. The summed E-state index contributed by atoms with van der Waals surface area (Å²) in [6, 6.07) is 6.55. The molecule has 25 heavy (non-hydrogen) atoms. The van der Waals surface area contributed by atoms with Crippen LogP contribution in [0.4, 0.5) is 9.18 Å². The summed E-state index contributed by atoms with van der Waals surface area (Å²) in [7, 11) is 0. The van der Waals surface area contributed by atoms with Crippen molar-refractivity contribution in [1.29, 1.82) is 0 Å². The number of carbonyl (C=O) groups is 1. The summed E-state index contributed by atoms with van der Waals surface area (Å²) in [5.41, 5.74) is 2.95. The molecule has 6 nitrogen and oxygen atoms in total. The van der Waals surface area contributed by atoms with E-state index in [1.54, 1.807) is 12.3 Å². The van der Waals surface area contributed by atoms with Crippen molar-refractivity contribution in [3.63, 3.8) is 0 Å². The summed E-state index contributed by atoms with van der Waals surface area (Å²) < 4.78 is 18.3. The summed E-state index contributed by atoms with van der Waals surface area (Å²) in [5.74, 6) is -0.249. The Morgan fingerprint density at radius 2 is 2.12 bits per heavy atom. The highest BCUT2D eigenvalue weighted by atomic mass is 19.1. The highest BCUT2D eigenvalue weighted by molar-refractivity contribution is 5.75. The first-order chi connectivity index (χ1) is 12.2. The number of hydrogen-bond donors (Lipinski definition) is 1. The highest BCUT2D eigenvalue weighted by Gasteiger charge is 2.28. The zero-order valence-corrected chi connectivity index (χ0v) is 13.9. The van der Waals surface area contributed by atoms with E-state index < -0.39 is 0 Å². The van der Waals surface area contributed by atoms with Crippen molar-refractivity contribution in [2.24, 2.45) is 0 Å². The second kappa shape index (κ2) is 6.84. The van der Waals surface area contributed by atoms with Gasteiger partial charge < -0.3 is 14.7 Å². The van der Waals surface area contributed by atoms with Crippen molar-refractivity contribution >= 4 is 6.03 Å². The molecule has 1 fully saturated rings. The Morgan fingerprint density at radius 1 is 1.28 bits per heavy atom. The van der Waals surface area contributed by atoms with E-state index in [1.807, 2.05) is 17.0 Å². The van der Waals surface area contributed by atoms with Gasteiger partial charge >= 0.3 is 6.03 Å². The van der Waals surface area contributed by atoms with E-state index in [-0.39, 0.29) is 17.9 Å². The van der Waals surface area contributed by atoms with Crippen molar-refractivity contribution < 1.29 is 13.7 Å². The van der Waals surface area contributed by atoms with Crippen LogP contribution in [0.15, 0.2) is 35.1 Å². The first-order valence-electron chi connectivity index (χ1n) is 8.64. The standard InChI is InChI=1S/C18H21FN4O2/c19-14-3-1-13-2-4-17(16(13)11-14)20-18(24)23-8-6-22(7-9-23)12-15-5-10-25-21-15/h1,3,5,10-11,17H,2,4,6-9,12H2,(H,20,24). The third-order valence-electron chi connectivity index (χ3n) is 5.02. The van der Waals surface area contributed by atoms with Crippen molar-refractivity contribution in [1.82, 2.24) is 20.3 Å². The molecule has 0 bridgehead atoms. The molecule has 2 heterocycles. The number of aryl methyl sites for hydroxylation is 1. The molecular weight excluding hydrogens is 323 g/mol. The largest absolute Gasteiger partial charge is 0.364 e. The smallest absolute Gasteiger partial charge is 0.317 e. The van der Waals surface area contributed by atoms with Gasteiger partial charge in [-0.25, -0.2) is 9.18 Å². The van der Waals surface area contributed by atoms with Gasteiger partial charge in [0.1, 0.15) is 12.1 Å². The molecule has 2 aromatic rings. The van der Waals surface area contributed by atoms with Gasteiger partial charge in [-0.15, -0.1) is 0 Å². The van der Waals surface area contributed by atoms with Gasteiger partial charge in [0.05, 0.1) is 11.7 Å². The number of nitrogens with one attached hydrogen (secondary N) is 1. The number of hydrogen-bond acceptors (Lipinski definition) is 4. The maximum atomic E-state index is 13.5. The van der Waals surface area contributed by atoms with Gasteiger partial charge in [0.15, 0.2) is 0 Å². The third-order valence-corrected chi connectivity index (χ3v) is 5.02. The SMILES string of the molecule is O=C(NC1CCc2ccc(F)cc21)N1CCN(Cc2ccon2)CC1. The predicted molar refractivity (Wildman–Crippen MR) is 89.3 cm³/mol. The molecule has 1 aliphatic heterocycles. The number of fused-ring (bicyclic) bond motifs is 1. The number of carbonyl (C=O) groups excluding carboxylic acids is 1. The van der Waals surface area contributed by atoms with Gasteiger partial charge in [-0.1, -0.05) is 11.2 Å². The maximum Gasteiger partial charge on any atom is 0.317 e. The number of aromatic nitrogens is 1.